The van der Waals surface area contributed by atoms with Crippen LogP contribution in [-0.4, -0.2) is 27.9 Å². The summed E-state index contributed by atoms with van der Waals surface area (Å²) < 4.78 is 7.23. The quantitative estimate of drug-likeness (QED) is 0.889. The van der Waals surface area contributed by atoms with Crippen LogP contribution in [0, 0.1) is 6.92 Å². The van der Waals surface area contributed by atoms with Crippen LogP contribution in [0.25, 0.3) is 0 Å². The van der Waals surface area contributed by atoms with Crippen molar-refractivity contribution in [3.63, 3.8) is 0 Å². The van der Waals surface area contributed by atoms with Crippen LogP contribution < -0.4 is 5.32 Å². The third kappa shape index (κ3) is 4.14. The maximum atomic E-state index is 11.7. The van der Waals surface area contributed by atoms with Gasteiger partial charge in [-0.2, -0.15) is 5.10 Å². The Morgan fingerprint density at radius 1 is 1.56 bits per heavy atom. The predicted molar refractivity (Wildman–Crippen MR) is 70.2 cm³/mol. The van der Waals surface area contributed by atoms with E-state index in [1.54, 1.807) is 10.9 Å². The normalized spacial score (nSPS) is 13.4. The van der Waals surface area contributed by atoms with Gasteiger partial charge in [0, 0.05) is 18.3 Å². The number of aromatic nitrogens is 2. The average molecular weight is 253 g/mol. The lowest BCUT2D eigenvalue weighted by Gasteiger charge is -2.20. The molecule has 1 heterocycles. The highest BCUT2D eigenvalue weighted by atomic mass is 16.5. The van der Waals surface area contributed by atoms with Crippen LogP contribution in [-0.2, 0) is 16.6 Å². The molecule has 1 unspecified atom stereocenters. The molecule has 5 nitrogen and oxygen atoms in total. The monoisotopic (exact) mass is 253 g/mol. The standard InChI is InChI=1S/C13H23N3O2/c1-9(11-7-14-16(6)10(11)2)15-12(17)8-18-13(3,4)5/h7,9H,8H2,1-6H3,(H,15,17). The van der Waals surface area contributed by atoms with Gasteiger partial charge in [0.05, 0.1) is 17.8 Å². The number of rotatable bonds is 4. The molecule has 0 aliphatic rings. The van der Waals surface area contributed by atoms with Gasteiger partial charge in [-0.3, -0.25) is 9.48 Å². The van der Waals surface area contributed by atoms with E-state index in [0.29, 0.717) is 0 Å². The zero-order valence-corrected chi connectivity index (χ0v) is 12.1. The Morgan fingerprint density at radius 2 is 2.17 bits per heavy atom. The number of hydrogen-bond donors (Lipinski definition) is 1. The first-order valence-corrected chi connectivity index (χ1v) is 6.12. The number of amides is 1. The van der Waals surface area contributed by atoms with E-state index in [2.05, 4.69) is 10.4 Å². The van der Waals surface area contributed by atoms with Gasteiger partial charge in [-0.1, -0.05) is 0 Å². The molecule has 1 aromatic heterocycles. The summed E-state index contributed by atoms with van der Waals surface area (Å²) in [6.45, 7) is 9.78. The molecule has 18 heavy (non-hydrogen) atoms. The number of ether oxygens (including phenoxy) is 1. The smallest absolute Gasteiger partial charge is 0.246 e. The molecule has 102 valence electrons. The molecular formula is C13H23N3O2. The summed E-state index contributed by atoms with van der Waals surface area (Å²) in [5.41, 5.74) is 1.78. The molecule has 1 rings (SSSR count). The first-order valence-electron chi connectivity index (χ1n) is 6.12. The minimum Gasteiger partial charge on any atom is -0.366 e. The van der Waals surface area contributed by atoms with Crippen molar-refractivity contribution in [3.05, 3.63) is 17.5 Å². The fourth-order valence-corrected chi connectivity index (χ4v) is 1.58. The van der Waals surface area contributed by atoms with Gasteiger partial charge in [0.1, 0.15) is 6.61 Å². The van der Waals surface area contributed by atoms with E-state index in [1.165, 1.54) is 0 Å². The SMILES string of the molecule is Cc1c(C(C)NC(=O)COC(C)(C)C)cnn1C. The van der Waals surface area contributed by atoms with Crippen molar-refractivity contribution in [2.45, 2.75) is 46.3 Å². The van der Waals surface area contributed by atoms with E-state index in [1.807, 2.05) is 41.7 Å². The Hall–Kier alpha value is -1.36. The van der Waals surface area contributed by atoms with Gasteiger partial charge < -0.3 is 10.1 Å². The highest BCUT2D eigenvalue weighted by molar-refractivity contribution is 5.77. The third-order valence-corrected chi connectivity index (χ3v) is 2.75. The highest BCUT2D eigenvalue weighted by Crippen LogP contribution is 2.15. The van der Waals surface area contributed by atoms with E-state index < -0.39 is 0 Å². The fraction of sp³-hybridized carbons (Fsp3) is 0.692. The predicted octanol–water partition coefficient (Wildman–Crippen LogP) is 1.72. The summed E-state index contributed by atoms with van der Waals surface area (Å²) in [6, 6.07) is -0.0604. The zero-order valence-electron chi connectivity index (χ0n) is 12.1. The lowest BCUT2D eigenvalue weighted by molar-refractivity contribution is -0.131. The average Bonchev–Trinajstić information content (AvgIpc) is 2.56. The first-order chi connectivity index (χ1) is 8.20. The van der Waals surface area contributed by atoms with Gasteiger partial charge in [-0.15, -0.1) is 0 Å². The maximum absolute atomic E-state index is 11.7. The van der Waals surface area contributed by atoms with Gasteiger partial charge in [0.15, 0.2) is 0 Å². The molecule has 0 radical (unpaired) electrons. The molecule has 0 aliphatic carbocycles. The van der Waals surface area contributed by atoms with Gasteiger partial charge in [-0.25, -0.2) is 0 Å². The van der Waals surface area contributed by atoms with Crippen LogP contribution >= 0.6 is 0 Å². The highest BCUT2D eigenvalue weighted by Gasteiger charge is 2.17. The van der Waals surface area contributed by atoms with Crippen molar-refractivity contribution in [3.8, 4) is 0 Å². The number of aryl methyl sites for hydroxylation is 1. The molecule has 0 bridgehead atoms. The number of nitrogens with zero attached hydrogens (tertiary/aromatic N) is 2. The van der Waals surface area contributed by atoms with E-state index >= 15 is 0 Å². The summed E-state index contributed by atoms with van der Waals surface area (Å²) in [4.78, 5) is 11.7. The minimum atomic E-state index is -0.301. The number of carbonyl (C=O) groups excluding carboxylic acids is 1. The maximum Gasteiger partial charge on any atom is 0.246 e. The van der Waals surface area contributed by atoms with Crippen molar-refractivity contribution < 1.29 is 9.53 Å². The second-order valence-corrected chi connectivity index (χ2v) is 5.50. The molecule has 0 aliphatic heterocycles. The van der Waals surface area contributed by atoms with Crippen molar-refractivity contribution in [1.29, 1.82) is 0 Å². The summed E-state index contributed by atoms with van der Waals surface area (Å²) in [7, 11) is 1.89. The fourth-order valence-electron chi connectivity index (χ4n) is 1.58. The number of nitrogens with one attached hydrogen (secondary N) is 1. The number of hydrogen-bond acceptors (Lipinski definition) is 3. The molecule has 1 aromatic rings. The van der Waals surface area contributed by atoms with E-state index in [9.17, 15) is 4.79 Å². The Bertz CT molecular complexity index is 418. The van der Waals surface area contributed by atoms with Crippen LogP contribution in [0.5, 0.6) is 0 Å². The molecule has 1 amide bonds. The largest absolute Gasteiger partial charge is 0.366 e. The van der Waals surface area contributed by atoms with Gasteiger partial charge in [0.2, 0.25) is 5.91 Å². The van der Waals surface area contributed by atoms with E-state index in [-0.39, 0.29) is 24.2 Å². The van der Waals surface area contributed by atoms with Crippen molar-refractivity contribution in [1.82, 2.24) is 15.1 Å². The summed E-state index contributed by atoms with van der Waals surface area (Å²) in [6.07, 6.45) is 1.78. The van der Waals surface area contributed by atoms with Gasteiger partial charge in [-0.05, 0) is 34.6 Å². The van der Waals surface area contributed by atoms with Crippen LogP contribution in [0.4, 0.5) is 0 Å². The van der Waals surface area contributed by atoms with Gasteiger partial charge >= 0.3 is 0 Å². The molecule has 0 fully saturated rings. The topological polar surface area (TPSA) is 56.1 Å². The van der Waals surface area contributed by atoms with Crippen LogP contribution in [0.3, 0.4) is 0 Å². The second kappa shape index (κ2) is 5.52. The summed E-state index contributed by atoms with van der Waals surface area (Å²) in [5.74, 6) is -0.110. The van der Waals surface area contributed by atoms with E-state index in [4.69, 9.17) is 4.74 Å². The van der Waals surface area contributed by atoms with Crippen LogP contribution in [0.2, 0.25) is 0 Å². The summed E-state index contributed by atoms with van der Waals surface area (Å²) >= 11 is 0. The molecule has 0 aromatic carbocycles. The number of carbonyl (C=O) groups is 1. The molecule has 1 N–H and O–H groups in total. The zero-order chi connectivity index (χ0) is 13.9. The molecular weight excluding hydrogens is 230 g/mol. The third-order valence-electron chi connectivity index (χ3n) is 2.75. The van der Waals surface area contributed by atoms with Crippen molar-refractivity contribution >= 4 is 5.91 Å². The molecule has 5 heteroatoms. The molecule has 0 saturated carbocycles. The Kier molecular flexibility index (Phi) is 4.51. The molecule has 1 atom stereocenters. The van der Waals surface area contributed by atoms with Crippen LogP contribution in [0.15, 0.2) is 6.20 Å². The summed E-state index contributed by atoms with van der Waals surface area (Å²) in [5, 5.41) is 7.07. The lowest BCUT2D eigenvalue weighted by Crippen LogP contribution is -2.33. The Labute approximate surface area is 109 Å². The van der Waals surface area contributed by atoms with Crippen molar-refractivity contribution in [2.75, 3.05) is 6.61 Å². The second-order valence-electron chi connectivity index (χ2n) is 5.50. The minimum absolute atomic E-state index is 0.0604. The van der Waals surface area contributed by atoms with Crippen LogP contribution in [0.1, 0.15) is 45.0 Å². The van der Waals surface area contributed by atoms with E-state index in [0.717, 1.165) is 11.3 Å². The molecule has 0 spiro atoms. The Balaban J connectivity index is 2.52. The Morgan fingerprint density at radius 3 is 2.61 bits per heavy atom. The lowest BCUT2D eigenvalue weighted by atomic mass is 10.1. The first kappa shape index (κ1) is 14.7. The van der Waals surface area contributed by atoms with Crippen molar-refractivity contribution in [2.24, 2.45) is 7.05 Å². The molecule has 0 saturated heterocycles. The van der Waals surface area contributed by atoms with Gasteiger partial charge in [0.25, 0.3) is 0 Å².